The van der Waals surface area contributed by atoms with Crippen LogP contribution in [0.3, 0.4) is 0 Å². The summed E-state index contributed by atoms with van der Waals surface area (Å²) in [5.74, 6) is 1.36. The summed E-state index contributed by atoms with van der Waals surface area (Å²) in [6, 6.07) is 0.690. The third-order valence-electron chi connectivity index (χ3n) is 6.96. The minimum absolute atomic E-state index is 0.216. The zero-order valence-electron chi connectivity index (χ0n) is 17.0. The fourth-order valence-electron chi connectivity index (χ4n) is 5.17. The Hall–Kier alpha value is -0.450. The summed E-state index contributed by atoms with van der Waals surface area (Å²) in [7, 11) is 0. The zero-order valence-corrected chi connectivity index (χ0v) is 17.0. The van der Waals surface area contributed by atoms with E-state index in [0.29, 0.717) is 23.2 Å². The number of carbonyl (C=O) groups excluding carboxylic acids is 1. The van der Waals surface area contributed by atoms with Crippen LogP contribution in [0.25, 0.3) is 0 Å². The first-order chi connectivity index (χ1) is 11.9. The second-order valence-electron chi connectivity index (χ2n) is 9.60. The lowest BCUT2D eigenvalue weighted by atomic mass is 9.60. The maximum absolute atomic E-state index is 11.9. The molecule has 4 nitrogen and oxygen atoms in total. The van der Waals surface area contributed by atoms with Crippen molar-refractivity contribution in [3.63, 3.8) is 0 Å². The van der Waals surface area contributed by atoms with Gasteiger partial charge in [0.1, 0.15) is 5.78 Å². The van der Waals surface area contributed by atoms with Gasteiger partial charge in [0.05, 0.1) is 0 Å². The highest BCUT2D eigenvalue weighted by Gasteiger charge is 2.48. The highest BCUT2D eigenvalue weighted by molar-refractivity contribution is 5.80. The van der Waals surface area contributed by atoms with Crippen molar-refractivity contribution in [3.05, 3.63) is 0 Å². The lowest BCUT2D eigenvalue weighted by Crippen LogP contribution is -2.50. The molecule has 2 aliphatic heterocycles. The van der Waals surface area contributed by atoms with Gasteiger partial charge in [0.15, 0.2) is 0 Å². The Labute approximate surface area is 154 Å². The highest BCUT2D eigenvalue weighted by Crippen LogP contribution is 2.53. The molecule has 4 heteroatoms. The largest absolute Gasteiger partial charge is 0.301 e. The molecule has 0 atom stereocenters. The van der Waals surface area contributed by atoms with Gasteiger partial charge in [0.25, 0.3) is 0 Å². The molecule has 2 heterocycles. The molecule has 1 saturated carbocycles. The van der Waals surface area contributed by atoms with Gasteiger partial charge in [-0.3, -0.25) is 14.6 Å². The third-order valence-corrected chi connectivity index (χ3v) is 6.96. The average Bonchev–Trinajstić information content (AvgIpc) is 2.97. The molecule has 0 aromatic heterocycles. The van der Waals surface area contributed by atoms with Crippen molar-refractivity contribution in [2.45, 2.75) is 59.4 Å². The number of ketones is 1. The summed E-state index contributed by atoms with van der Waals surface area (Å²) in [6.07, 6.45) is 4.80. The molecule has 0 aromatic carbocycles. The predicted molar refractivity (Wildman–Crippen MR) is 104 cm³/mol. The van der Waals surface area contributed by atoms with Crippen LogP contribution in [0.2, 0.25) is 0 Å². The van der Waals surface area contributed by atoms with Gasteiger partial charge in [0, 0.05) is 64.2 Å². The van der Waals surface area contributed by atoms with Crippen molar-refractivity contribution in [2.75, 3.05) is 52.4 Å². The van der Waals surface area contributed by atoms with Gasteiger partial charge in [0.2, 0.25) is 0 Å². The van der Waals surface area contributed by atoms with Gasteiger partial charge in [-0.2, -0.15) is 0 Å². The predicted octanol–water partition coefficient (Wildman–Crippen LogP) is 2.73. The van der Waals surface area contributed by atoms with Crippen LogP contribution in [0.15, 0.2) is 0 Å². The van der Waals surface area contributed by atoms with Crippen molar-refractivity contribution >= 4 is 5.78 Å². The van der Waals surface area contributed by atoms with Crippen molar-refractivity contribution in [3.8, 4) is 0 Å². The van der Waals surface area contributed by atoms with Crippen LogP contribution in [-0.2, 0) is 4.79 Å². The fraction of sp³-hybridized carbons (Fsp3) is 0.952. The quantitative estimate of drug-likeness (QED) is 0.706. The van der Waals surface area contributed by atoms with Crippen LogP contribution in [0.1, 0.15) is 53.4 Å². The standard InChI is InChI=1S/C21H39N3O/c1-17(2)20(25)13-19-14-21(15-19)5-6-23(16-21)8-7-22-9-11-24(12-10-22)18(3)4/h17-19H,5-16H2,1-4H3. The van der Waals surface area contributed by atoms with E-state index in [1.807, 2.05) is 13.8 Å². The maximum Gasteiger partial charge on any atom is 0.135 e. The number of rotatable bonds is 7. The Morgan fingerprint density at radius 3 is 2.20 bits per heavy atom. The van der Waals surface area contributed by atoms with E-state index < -0.39 is 0 Å². The normalized spacial score (nSPS) is 32.0. The van der Waals surface area contributed by atoms with Crippen molar-refractivity contribution < 1.29 is 4.79 Å². The van der Waals surface area contributed by atoms with E-state index in [9.17, 15) is 4.79 Å². The SMILES string of the molecule is CC(C)C(=O)CC1CC2(CCN(CCN3CCN(C(C)C)CC3)C2)C1. The van der Waals surface area contributed by atoms with Crippen LogP contribution in [0.5, 0.6) is 0 Å². The molecule has 25 heavy (non-hydrogen) atoms. The highest BCUT2D eigenvalue weighted by atomic mass is 16.1. The monoisotopic (exact) mass is 349 g/mol. The molecule has 0 unspecified atom stereocenters. The summed E-state index contributed by atoms with van der Waals surface area (Å²) < 4.78 is 0. The number of likely N-dealkylation sites (tertiary alicyclic amines) is 1. The van der Waals surface area contributed by atoms with Gasteiger partial charge in [-0.15, -0.1) is 0 Å². The van der Waals surface area contributed by atoms with E-state index in [1.165, 1.54) is 71.6 Å². The zero-order chi connectivity index (χ0) is 18.0. The van der Waals surface area contributed by atoms with E-state index in [-0.39, 0.29) is 5.92 Å². The van der Waals surface area contributed by atoms with Gasteiger partial charge < -0.3 is 4.90 Å². The van der Waals surface area contributed by atoms with Crippen molar-refractivity contribution in [1.29, 1.82) is 0 Å². The Balaban J connectivity index is 1.33. The first-order valence-electron chi connectivity index (χ1n) is 10.6. The molecule has 0 N–H and O–H groups in total. The van der Waals surface area contributed by atoms with E-state index in [0.717, 1.165) is 6.42 Å². The lowest BCUT2D eigenvalue weighted by Gasteiger charge is -2.45. The topological polar surface area (TPSA) is 26.8 Å². The Kier molecular flexibility index (Phi) is 6.23. The van der Waals surface area contributed by atoms with Crippen LogP contribution in [0, 0.1) is 17.3 Å². The molecule has 3 aliphatic rings. The molecular weight excluding hydrogens is 310 g/mol. The van der Waals surface area contributed by atoms with Crippen molar-refractivity contribution in [1.82, 2.24) is 14.7 Å². The first-order valence-corrected chi connectivity index (χ1v) is 10.6. The first kappa shape index (κ1) is 19.3. The molecular formula is C21H39N3O. The molecule has 0 aromatic rings. The maximum atomic E-state index is 11.9. The summed E-state index contributed by atoms with van der Waals surface area (Å²) in [6.45, 7) is 18.6. The molecule has 3 rings (SSSR count). The number of nitrogens with zero attached hydrogens (tertiary/aromatic N) is 3. The Morgan fingerprint density at radius 2 is 1.60 bits per heavy atom. The van der Waals surface area contributed by atoms with Gasteiger partial charge in [-0.05, 0) is 51.0 Å². The molecule has 0 bridgehead atoms. The minimum atomic E-state index is 0.216. The molecule has 1 spiro atoms. The Bertz CT molecular complexity index is 448. The average molecular weight is 350 g/mol. The van der Waals surface area contributed by atoms with E-state index in [2.05, 4.69) is 28.5 Å². The second kappa shape index (κ2) is 8.06. The second-order valence-corrected chi connectivity index (χ2v) is 9.60. The van der Waals surface area contributed by atoms with Gasteiger partial charge in [-0.1, -0.05) is 13.8 Å². The van der Waals surface area contributed by atoms with Crippen molar-refractivity contribution in [2.24, 2.45) is 17.3 Å². The van der Waals surface area contributed by atoms with Crippen LogP contribution in [-0.4, -0.2) is 78.9 Å². The number of carbonyl (C=O) groups is 1. The van der Waals surface area contributed by atoms with Crippen LogP contribution in [0.4, 0.5) is 0 Å². The molecule has 144 valence electrons. The molecule has 2 saturated heterocycles. The van der Waals surface area contributed by atoms with Gasteiger partial charge in [-0.25, -0.2) is 0 Å². The van der Waals surface area contributed by atoms with Crippen LogP contribution < -0.4 is 0 Å². The Morgan fingerprint density at radius 1 is 0.960 bits per heavy atom. The number of hydrogen-bond acceptors (Lipinski definition) is 4. The van der Waals surface area contributed by atoms with Crippen LogP contribution >= 0.6 is 0 Å². The lowest BCUT2D eigenvalue weighted by molar-refractivity contribution is -0.124. The number of hydrogen-bond donors (Lipinski definition) is 0. The summed E-state index contributed by atoms with van der Waals surface area (Å²) in [5.41, 5.74) is 0.568. The summed E-state index contributed by atoms with van der Waals surface area (Å²) in [4.78, 5) is 19.9. The van der Waals surface area contributed by atoms with E-state index in [1.54, 1.807) is 0 Å². The third kappa shape index (κ3) is 4.84. The molecule has 3 fully saturated rings. The molecule has 0 amide bonds. The molecule has 0 radical (unpaired) electrons. The molecule has 1 aliphatic carbocycles. The number of piperazine rings is 1. The minimum Gasteiger partial charge on any atom is -0.301 e. The van der Waals surface area contributed by atoms with E-state index in [4.69, 9.17) is 0 Å². The fourth-order valence-corrected chi connectivity index (χ4v) is 5.17. The smallest absolute Gasteiger partial charge is 0.135 e. The summed E-state index contributed by atoms with van der Waals surface area (Å²) >= 11 is 0. The number of Topliss-reactive ketones (excluding diaryl/α,β-unsaturated/α-hetero) is 1. The van der Waals surface area contributed by atoms with E-state index >= 15 is 0 Å². The van der Waals surface area contributed by atoms with Gasteiger partial charge >= 0.3 is 0 Å². The summed E-state index contributed by atoms with van der Waals surface area (Å²) in [5, 5.41) is 0.